The molecule has 132 valence electrons. The molecule has 0 saturated carbocycles. The highest BCUT2D eigenvalue weighted by Gasteiger charge is 2.29. The Morgan fingerprint density at radius 3 is 2.32 bits per heavy atom. The van der Waals surface area contributed by atoms with Crippen LogP contribution in [-0.2, 0) is 0 Å². The molecule has 1 heterocycles. The van der Waals surface area contributed by atoms with Gasteiger partial charge in [0.1, 0.15) is 11.4 Å². The molecule has 2 amide bonds. The molecule has 25 heavy (non-hydrogen) atoms. The predicted octanol–water partition coefficient (Wildman–Crippen LogP) is 2.24. The SMILES string of the molecule is O=C(NNC(=O)c1cccnc1OCC(F)(F)F)c1ccc(F)cc1. The van der Waals surface area contributed by atoms with Crippen molar-refractivity contribution in [1.82, 2.24) is 15.8 Å². The zero-order chi connectivity index (χ0) is 18.4. The van der Waals surface area contributed by atoms with Gasteiger partial charge in [0.25, 0.3) is 11.8 Å². The molecule has 10 heteroatoms. The fourth-order valence-electron chi connectivity index (χ4n) is 1.68. The standard InChI is InChI=1S/C15H11F4N3O3/c16-10-5-3-9(4-6-10)12(23)21-22-13(24)11-2-1-7-20-14(11)25-8-15(17,18)19/h1-7H,8H2,(H,21,23)(H,22,24). The summed E-state index contributed by atoms with van der Waals surface area (Å²) in [6.07, 6.45) is -3.44. The Bertz CT molecular complexity index is 763. The maximum absolute atomic E-state index is 12.8. The van der Waals surface area contributed by atoms with Crippen LogP contribution in [0.25, 0.3) is 0 Å². The highest BCUT2D eigenvalue weighted by atomic mass is 19.4. The lowest BCUT2D eigenvalue weighted by Crippen LogP contribution is -2.41. The van der Waals surface area contributed by atoms with Crippen molar-refractivity contribution < 1.29 is 31.9 Å². The number of rotatable bonds is 4. The summed E-state index contributed by atoms with van der Waals surface area (Å²) in [6, 6.07) is 6.99. The van der Waals surface area contributed by atoms with Gasteiger partial charge in [0.15, 0.2) is 6.61 Å². The van der Waals surface area contributed by atoms with E-state index in [1.165, 1.54) is 24.3 Å². The third-order valence-corrected chi connectivity index (χ3v) is 2.78. The fraction of sp³-hybridized carbons (Fsp3) is 0.133. The summed E-state index contributed by atoms with van der Waals surface area (Å²) in [4.78, 5) is 27.3. The maximum Gasteiger partial charge on any atom is 0.422 e. The summed E-state index contributed by atoms with van der Waals surface area (Å²) >= 11 is 0. The number of nitrogens with one attached hydrogen (secondary N) is 2. The Kier molecular flexibility index (Phi) is 5.52. The topological polar surface area (TPSA) is 80.3 Å². The molecule has 0 spiro atoms. The molecule has 0 radical (unpaired) electrons. The van der Waals surface area contributed by atoms with E-state index in [9.17, 15) is 27.2 Å². The van der Waals surface area contributed by atoms with Crippen molar-refractivity contribution in [3.8, 4) is 5.88 Å². The van der Waals surface area contributed by atoms with Gasteiger partial charge in [-0.1, -0.05) is 0 Å². The van der Waals surface area contributed by atoms with Gasteiger partial charge in [0, 0.05) is 11.8 Å². The second-order valence-electron chi connectivity index (χ2n) is 4.68. The van der Waals surface area contributed by atoms with Crippen LogP contribution in [0.15, 0.2) is 42.6 Å². The lowest BCUT2D eigenvalue weighted by atomic mass is 10.2. The quantitative estimate of drug-likeness (QED) is 0.650. The van der Waals surface area contributed by atoms with Crippen molar-refractivity contribution in [3.05, 3.63) is 59.5 Å². The molecule has 2 N–H and O–H groups in total. The fourth-order valence-corrected chi connectivity index (χ4v) is 1.68. The number of benzene rings is 1. The number of hydrogen-bond acceptors (Lipinski definition) is 4. The van der Waals surface area contributed by atoms with E-state index in [1.807, 2.05) is 10.9 Å². The Hall–Kier alpha value is -3.17. The lowest BCUT2D eigenvalue weighted by Gasteiger charge is -2.12. The number of halogens is 4. The molecule has 2 rings (SSSR count). The second-order valence-corrected chi connectivity index (χ2v) is 4.68. The molecule has 6 nitrogen and oxygen atoms in total. The number of aromatic nitrogens is 1. The number of carbonyl (C=O) groups excluding carboxylic acids is 2. The number of alkyl halides is 3. The van der Waals surface area contributed by atoms with Gasteiger partial charge < -0.3 is 4.74 Å². The van der Waals surface area contributed by atoms with Gasteiger partial charge in [-0.3, -0.25) is 20.4 Å². The van der Waals surface area contributed by atoms with E-state index in [0.29, 0.717) is 0 Å². The normalized spacial score (nSPS) is 10.9. The van der Waals surface area contributed by atoms with E-state index in [-0.39, 0.29) is 11.1 Å². The van der Waals surface area contributed by atoms with E-state index >= 15 is 0 Å². The van der Waals surface area contributed by atoms with E-state index in [0.717, 1.165) is 18.3 Å². The first-order valence-corrected chi connectivity index (χ1v) is 6.77. The summed E-state index contributed by atoms with van der Waals surface area (Å²) in [6.45, 7) is -1.62. The van der Waals surface area contributed by atoms with E-state index in [1.54, 1.807) is 0 Å². The Balaban J connectivity index is 2.01. The minimum absolute atomic E-state index is 0.0708. The van der Waals surface area contributed by atoms with Crippen LogP contribution < -0.4 is 15.6 Å². The van der Waals surface area contributed by atoms with Gasteiger partial charge in [0.2, 0.25) is 5.88 Å². The average molecular weight is 357 g/mol. The first-order valence-electron chi connectivity index (χ1n) is 6.77. The molecular formula is C15H11F4N3O3. The Morgan fingerprint density at radius 1 is 1.04 bits per heavy atom. The third kappa shape index (κ3) is 5.44. The molecule has 0 fully saturated rings. The molecule has 0 aliphatic rings. The van der Waals surface area contributed by atoms with Crippen molar-refractivity contribution in [2.24, 2.45) is 0 Å². The Morgan fingerprint density at radius 2 is 1.68 bits per heavy atom. The van der Waals surface area contributed by atoms with Gasteiger partial charge in [0.05, 0.1) is 0 Å². The van der Waals surface area contributed by atoms with E-state index in [4.69, 9.17) is 0 Å². The van der Waals surface area contributed by atoms with E-state index in [2.05, 4.69) is 9.72 Å². The third-order valence-electron chi connectivity index (χ3n) is 2.78. The first-order chi connectivity index (χ1) is 11.8. The highest BCUT2D eigenvalue weighted by molar-refractivity contribution is 6.00. The number of nitrogens with zero attached hydrogens (tertiary/aromatic N) is 1. The molecule has 0 aliphatic heterocycles. The second kappa shape index (κ2) is 7.60. The number of pyridine rings is 1. The van der Waals surface area contributed by atoms with Crippen LogP contribution in [-0.4, -0.2) is 29.6 Å². The minimum Gasteiger partial charge on any atom is -0.467 e. The van der Waals surface area contributed by atoms with Crippen LogP contribution in [0.2, 0.25) is 0 Å². The van der Waals surface area contributed by atoms with Crippen LogP contribution in [0.1, 0.15) is 20.7 Å². The van der Waals surface area contributed by atoms with Gasteiger partial charge in [-0.2, -0.15) is 13.2 Å². The molecule has 0 atom stereocenters. The van der Waals surface area contributed by atoms with Gasteiger partial charge >= 0.3 is 6.18 Å². The van der Waals surface area contributed by atoms with Crippen LogP contribution in [0, 0.1) is 5.82 Å². The van der Waals surface area contributed by atoms with Crippen LogP contribution >= 0.6 is 0 Å². The average Bonchev–Trinajstić information content (AvgIpc) is 2.58. The van der Waals surface area contributed by atoms with Crippen molar-refractivity contribution in [3.63, 3.8) is 0 Å². The van der Waals surface area contributed by atoms with E-state index < -0.39 is 36.3 Å². The van der Waals surface area contributed by atoms with Gasteiger partial charge in [-0.15, -0.1) is 0 Å². The first kappa shape index (κ1) is 18.2. The zero-order valence-corrected chi connectivity index (χ0v) is 12.4. The maximum atomic E-state index is 12.8. The number of ether oxygens (including phenoxy) is 1. The van der Waals surface area contributed by atoms with Crippen molar-refractivity contribution in [2.75, 3.05) is 6.61 Å². The summed E-state index contributed by atoms with van der Waals surface area (Å²) in [5.41, 5.74) is 3.84. The van der Waals surface area contributed by atoms with Crippen molar-refractivity contribution in [1.29, 1.82) is 0 Å². The van der Waals surface area contributed by atoms with Gasteiger partial charge in [-0.25, -0.2) is 9.37 Å². The largest absolute Gasteiger partial charge is 0.467 e. The number of hydrazine groups is 1. The van der Waals surface area contributed by atoms with Gasteiger partial charge in [-0.05, 0) is 36.4 Å². The number of hydrogen-bond donors (Lipinski definition) is 2. The molecule has 0 aliphatic carbocycles. The lowest BCUT2D eigenvalue weighted by molar-refractivity contribution is -0.154. The molecule has 1 aromatic heterocycles. The summed E-state index contributed by atoms with van der Waals surface area (Å²) in [7, 11) is 0. The molecule has 0 saturated heterocycles. The van der Waals surface area contributed by atoms with Crippen molar-refractivity contribution >= 4 is 11.8 Å². The molecule has 1 aromatic carbocycles. The predicted molar refractivity (Wildman–Crippen MR) is 77.1 cm³/mol. The van der Waals surface area contributed by atoms with Crippen LogP contribution in [0.5, 0.6) is 5.88 Å². The minimum atomic E-state index is -4.60. The molecule has 0 unspecified atom stereocenters. The van der Waals surface area contributed by atoms with Crippen LogP contribution in [0.4, 0.5) is 17.6 Å². The number of amides is 2. The zero-order valence-electron chi connectivity index (χ0n) is 12.4. The summed E-state index contributed by atoms with van der Waals surface area (Å²) < 4.78 is 53.9. The number of carbonyl (C=O) groups is 2. The summed E-state index contributed by atoms with van der Waals surface area (Å²) in [5.74, 6) is -2.74. The smallest absolute Gasteiger partial charge is 0.422 e. The molecule has 0 bridgehead atoms. The monoisotopic (exact) mass is 357 g/mol. The summed E-state index contributed by atoms with van der Waals surface area (Å²) in [5, 5.41) is 0. The van der Waals surface area contributed by atoms with Crippen molar-refractivity contribution in [2.45, 2.75) is 6.18 Å². The Labute approximate surface area is 138 Å². The molecular weight excluding hydrogens is 346 g/mol. The van der Waals surface area contributed by atoms with Crippen LogP contribution in [0.3, 0.4) is 0 Å². The molecule has 2 aromatic rings. The highest BCUT2D eigenvalue weighted by Crippen LogP contribution is 2.19.